The van der Waals surface area contributed by atoms with Crippen LogP contribution in [0.15, 0.2) is 84.9 Å². The third-order valence-electron chi connectivity index (χ3n) is 6.94. The zero-order valence-electron chi connectivity index (χ0n) is 22.6. The standard InChI is InChI=1S/C33H41N5/c1(2-4-6-8-16-22-30-23-24-31(36-35-30)28-18-12-10-13-19-28)3-5-7-9-17-27-34-33-26-25-32(37-38-33)29-20-14-11-15-21-29/h10-15,18-21,23-26H,1-9,16-17,22,27H2,(H,34,38). The maximum atomic E-state index is 4.42. The maximum absolute atomic E-state index is 4.42. The Morgan fingerprint density at radius 2 is 0.921 bits per heavy atom. The lowest BCUT2D eigenvalue weighted by molar-refractivity contribution is 0.546. The number of aromatic nitrogens is 4. The van der Waals surface area contributed by atoms with E-state index in [9.17, 15) is 0 Å². The van der Waals surface area contributed by atoms with Gasteiger partial charge in [-0.1, -0.05) is 118 Å². The predicted molar refractivity (Wildman–Crippen MR) is 158 cm³/mol. The van der Waals surface area contributed by atoms with Gasteiger partial charge in [-0.2, -0.15) is 10.2 Å². The molecule has 0 atom stereocenters. The summed E-state index contributed by atoms with van der Waals surface area (Å²) in [5.41, 5.74) is 5.19. The summed E-state index contributed by atoms with van der Waals surface area (Å²) in [7, 11) is 0. The molecule has 2 aromatic carbocycles. The van der Waals surface area contributed by atoms with Crippen LogP contribution >= 0.6 is 0 Å². The number of hydrogen-bond donors (Lipinski definition) is 1. The van der Waals surface area contributed by atoms with Crippen molar-refractivity contribution >= 4 is 5.82 Å². The topological polar surface area (TPSA) is 63.6 Å². The van der Waals surface area contributed by atoms with E-state index < -0.39 is 0 Å². The van der Waals surface area contributed by atoms with Crippen LogP contribution in [0.25, 0.3) is 22.5 Å². The molecule has 0 spiro atoms. The van der Waals surface area contributed by atoms with Gasteiger partial charge in [0, 0.05) is 17.7 Å². The van der Waals surface area contributed by atoms with Crippen molar-refractivity contribution in [2.75, 3.05) is 11.9 Å². The molecule has 5 heteroatoms. The largest absolute Gasteiger partial charge is 0.369 e. The van der Waals surface area contributed by atoms with Crippen molar-refractivity contribution in [3.05, 3.63) is 90.6 Å². The number of aryl methyl sites for hydroxylation is 1. The molecule has 0 saturated carbocycles. The lowest BCUT2D eigenvalue weighted by Gasteiger charge is -2.06. The Kier molecular flexibility index (Phi) is 11.8. The molecule has 4 rings (SSSR count). The van der Waals surface area contributed by atoms with Gasteiger partial charge in [0.25, 0.3) is 0 Å². The number of nitrogens with one attached hydrogen (secondary N) is 1. The lowest BCUT2D eigenvalue weighted by Crippen LogP contribution is -2.04. The Morgan fingerprint density at radius 3 is 1.42 bits per heavy atom. The van der Waals surface area contributed by atoms with Crippen molar-refractivity contribution in [1.29, 1.82) is 0 Å². The number of hydrogen-bond acceptors (Lipinski definition) is 5. The van der Waals surface area contributed by atoms with Gasteiger partial charge in [-0.05, 0) is 43.5 Å². The van der Waals surface area contributed by atoms with Crippen molar-refractivity contribution in [2.45, 2.75) is 77.0 Å². The van der Waals surface area contributed by atoms with Crippen LogP contribution in [0.1, 0.15) is 76.3 Å². The molecular formula is C33H41N5. The predicted octanol–water partition coefficient (Wildman–Crippen LogP) is 8.55. The second-order valence-corrected chi connectivity index (χ2v) is 10.0. The number of rotatable bonds is 17. The molecule has 0 bridgehead atoms. The Morgan fingerprint density at radius 1 is 0.421 bits per heavy atom. The normalized spacial score (nSPS) is 10.9. The van der Waals surface area contributed by atoms with Crippen LogP contribution in [-0.2, 0) is 6.42 Å². The molecule has 0 aliphatic carbocycles. The van der Waals surface area contributed by atoms with Crippen LogP contribution in [0.5, 0.6) is 0 Å². The number of nitrogens with zero attached hydrogens (tertiary/aromatic N) is 4. The van der Waals surface area contributed by atoms with Crippen molar-refractivity contribution < 1.29 is 0 Å². The zero-order valence-corrected chi connectivity index (χ0v) is 22.6. The number of benzene rings is 2. The minimum atomic E-state index is 0.860. The third-order valence-corrected chi connectivity index (χ3v) is 6.94. The molecule has 2 heterocycles. The first-order valence-electron chi connectivity index (χ1n) is 14.4. The highest BCUT2D eigenvalue weighted by molar-refractivity contribution is 5.59. The van der Waals surface area contributed by atoms with E-state index >= 15 is 0 Å². The third kappa shape index (κ3) is 9.70. The second kappa shape index (κ2) is 16.3. The van der Waals surface area contributed by atoms with Gasteiger partial charge in [-0.25, -0.2) is 0 Å². The molecule has 38 heavy (non-hydrogen) atoms. The first kappa shape index (κ1) is 27.4. The quantitative estimate of drug-likeness (QED) is 0.145. The average molecular weight is 508 g/mol. The van der Waals surface area contributed by atoms with Gasteiger partial charge >= 0.3 is 0 Å². The Balaban J connectivity index is 0.935. The van der Waals surface area contributed by atoms with Crippen LogP contribution < -0.4 is 5.32 Å². The summed E-state index contributed by atoms with van der Waals surface area (Å²) in [4.78, 5) is 0. The monoisotopic (exact) mass is 507 g/mol. The fourth-order valence-corrected chi connectivity index (χ4v) is 4.68. The summed E-state index contributed by atoms with van der Waals surface area (Å²) in [6, 6.07) is 28.7. The summed E-state index contributed by atoms with van der Waals surface area (Å²) in [5, 5.41) is 20.9. The molecule has 4 aromatic rings. The van der Waals surface area contributed by atoms with E-state index in [-0.39, 0.29) is 0 Å². The lowest BCUT2D eigenvalue weighted by atomic mass is 10.0. The number of unbranched alkanes of at least 4 members (excludes halogenated alkanes) is 10. The highest BCUT2D eigenvalue weighted by atomic mass is 15.2. The van der Waals surface area contributed by atoms with E-state index in [4.69, 9.17) is 0 Å². The van der Waals surface area contributed by atoms with E-state index in [2.05, 4.69) is 62.1 Å². The summed E-state index contributed by atoms with van der Waals surface area (Å²) < 4.78 is 0. The summed E-state index contributed by atoms with van der Waals surface area (Å²) >= 11 is 0. The molecule has 2 aromatic heterocycles. The van der Waals surface area contributed by atoms with Crippen LogP contribution in [0, 0.1) is 0 Å². The molecular weight excluding hydrogens is 466 g/mol. The summed E-state index contributed by atoms with van der Waals surface area (Å²) in [6.45, 7) is 0.960. The highest BCUT2D eigenvalue weighted by Crippen LogP contribution is 2.18. The van der Waals surface area contributed by atoms with Gasteiger partial charge in [0.1, 0.15) is 5.82 Å². The van der Waals surface area contributed by atoms with E-state index in [1.807, 2.05) is 48.5 Å². The molecule has 198 valence electrons. The van der Waals surface area contributed by atoms with Gasteiger partial charge in [0.15, 0.2) is 0 Å². The SMILES string of the molecule is c1ccc(-c2ccc(CCCCCCCCCCCCCNc3ccc(-c4ccccc4)nn3)nn2)cc1. The first-order valence-corrected chi connectivity index (χ1v) is 14.4. The van der Waals surface area contributed by atoms with E-state index in [0.717, 1.165) is 47.0 Å². The zero-order chi connectivity index (χ0) is 26.1. The summed E-state index contributed by atoms with van der Waals surface area (Å²) in [5.74, 6) is 0.860. The Labute approximate surface area is 228 Å². The van der Waals surface area contributed by atoms with Gasteiger partial charge < -0.3 is 5.32 Å². The van der Waals surface area contributed by atoms with E-state index in [1.165, 1.54) is 70.6 Å². The highest BCUT2D eigenvalue weighted by Gasteiger charge is 2.02. The molecule has 0 radical (unpaired) electrons. The smallest absolute Gasteiger partial charge is 0.148 e. The minimum absolute atomic E-state index is 0.860. The molecule has 5 nitrogen and oxygen atoms in total. The molecule has 1 N–H and O–H groups in total. The van der Waals surface area contributed by atoms with Crippen LogP contribution in [0.2, 0.25) is 0 Å². The van der Waals surface area contributed by atoms with Gasteiger partial charge in [0.05, 0.1) is 17.1 Å². The maximum Gasteiger partial charge on any atom is 0.148 e. The average Bonchev–Trinajstić information content (AvgIpc) is 2.99. The molecule has 0 saturated heterocycles. The number of anilines is 1. The van der Waals surface area contributed by atoms with E-state index in [0.29, 0.717) is 0 Å². The molecule has 0 aliphatic heterocycles. The Hall–Kier alpha value is -3.60. The molecule has 0 aliphatic rings. The van der Waals surface area contributed by atoms with Crippen molar-refractivity contribution in [2.24, 2.45) is 0 Å². The molecule has 0 fully saturated rings. The van der Waals surface area contributed by atoms with Crippen LogP contribution in [0.4, 0.5) is 5.82 Å². The molecule has 0 unspecified atom stereocenters. The van der Waals surface area contributed by atoms with Gasteiger partial charge in [-0.15, -0.1) is 10.2 Å². The first-order chi connectivity index (χ1) is 18.9. The van der Waals surface area contributed by atoms with Gasteiger partial charge in [-0.3, -0.25) is 0 Å². The minimum Gasteiger partial charge on any atom is -0.369 e. The van der Waals surface area contributed by atoms with Crippen molar-refractivity contribution in [3.8, 4) is 22.5 Å². The van der Waals surface area contributed by atoms with Crippen LogP contribution in [0.3, 0.4) is 0 Å². The van der Waals surface area contributed by atoms with Gasteiger partial charge in [0.2, 0.25) is 0 Å². The fraction of sp³-hybridized carbons (Fsp3) is 0.394. The molecule has 0 amide bonds. The fourth-order valence-electron chi connectivity index (χ4n) is 4.68. The van der Waals surface area contributed by atoms with Crippen LogP contribution in [-0.4, -0.2) is 26.9 Å². The van der Waals surface area contributed by atoms with Crippen molar-refractivity contribution in [3.63, 3.8) is 0 Å². The second-order valence-electron chi connectivity index (χ2n) is 10.0. The summed E-state index contributed by atoms with van der Waals surface area (Å²) in [6.07, 6.45) is 15.4. The van der Waals surface area contributed by atoms with E-state index in [1.54, 1.807) is 0 Å². The van der Waals surface area contributed by atoms with Crippen molar-refractivity contribution in [1.82, 2.24) is 20.4 Å². The Bertz CT molecular complexity index is 1050.